The van der Waals surface area contributed by atoms with Crippen molar-refractivity contribution in [2.24, 2.45) is 0 Å². The topological polar surface area (TPSA) is 25.2 Å². The molecular weight excluding hydrogens is 150 g/mol. The van der Waals surface area contributed by atoms with Crippen LogP contribution in [0.25, 0.3) is 0 Å². The first kappa shape index (κ1) is 9.17. The molecule has 1 aromatic heterocycles. The fraction of sp³-hybridized carbons (Fsp3) is 0.600. The Bertz CT molecular complexity index is 194. The van der Waals surface area contributed by atoms with E-state index in [0.29, 0.717) is 6.04 Å². The van der Waals surface area contributed by atoms with Crippen LogP contribution < -0.4 is 5.32 Å². The van der Waals surface area contributed by atoms with E-state index in [-0.39, 0.29) is 0 Å². The minimum absolute atomic E-state index is 0.590. The molecular formula is C10H17NO. The summed E-state index contributed by atoms with van der Waals surface area (Å²) in [5, 5.41) is 3.42. The average molecular weight is 167 g/mol. The Labute approximate surface area is 74.0 Å². The Morgan fingerprint density at radius 1 is 1.50 bits per heavy atom. The molecule has 2 heteroatoms. The van der Waals surface area contributed by atoms with E-state index in [4.69, 9.17) is 4.42 Å². The maximum absolute atomic E-state index is 4.98. The van der Waals surface area contributed by atoms with Crippen molar-refractivity contribution in [2.75, 3.05) is 5.32 Å². The predicted octanol–water partition coefficient (Wildman–Crippen LogP) is 3.27. The van der Waals surface area contributed by atoms with E-state index >= 15 is 0 Å². The Morgan fingerprint density at radius 2 is 2.33 bits per heavy atom. The van der Waals surface area contributed by atoms with Crippen LogP contribution in [0.4, 0.5) is 5.69 Å². The third-order valence-corrected chi connectivity index (χ3v) is 2.02. The van der Waals surface area contributed by atoms with Crippen LogP contribution in [0.5, 0.6) is 0 Å². The molecule has 68 valence electrons. The summed E-state index contributed by atoms with van der Waals surface area (Å²) >= 11 is 0. The van der Waals surface area contributed by atoms with Gasteiger partial charge >= 0.3 is 0 Å². The van der Waals surface area contributed by atoms with Crippen molar-refractivity contribution in [2.45, 2.75) is 39.2 Å². The van der Waals surface area contributed by atoms with Crippen molar-refractivity contribution in [3.63, 3.8) is 0 Å². The normalized spacial score (nSPS) is 12.8. The predicted molar refractivity (Wildman–Crippen MR) is 51.3 cm³/mol. The number of anilines is 1. The van der Waals surface area contributed by atoms with Gasteiger partial charge in [-0.1, -0.05) is 20.3 Å². The Kier molecular flexibility index (Phi) is 3.71. The molecule has 1 N–H and O–H groups in total. The van der Waals surface area contributed by atoms with Crippen LogP contribution in [0.2, 0.25) is 0 Å². The van der Waals surface area contributed by atoms with Gasteiger partial charge in [-0.05, 0) is 18.9 Å². The van der Waals surface area contributed by atoms with E-state index in [0.717, 1.165) is 5.69 Å². The van der Waals surface area contributed by atoms with E-state index < -0.39 is 0 Å². The molecule has 0 aliphatic rings. The third-order valence-electron chi connectivity index (χ3n) is 2.02. The summed E-state index contributed by atoms with van der Waals surface area (Å²) in [4.78, 5) is 0. The summed E-state index contributed by atoms with van der Waals surface area (Å²) < 4.78 is 4.98. The zero-order valence-corrected chi connectivity index (χ0v) is 7.84. The van der Waals surface area contributed by atoms with Crippen LogP contribution in [0.1, 0.15) is 33.1 Å². The summed E-state index contributed by atoms with van der Waals surface area (Å²) in [5.41, 5.74) is 1.09. The van der Waals surface area contributed by atoms with Crippen LogP contribution >= 0.6 is 0 Å². The van der Waals surface area contributed by atoms with Crippen molar-refractivity contribution < 1.29 is 4.42 Å². The van der Waals surface area contributed by atoms with Crippen LogP contribution in [0.3, 0.4) is 0 Å². The lowest BCUT2D eigenvalue weighted by molar-refractivity contribution is 0.565. The van der Waals surface area contributed by atoms with Gasteiger partial charge in [0.05, 0.1) is 12.0 Å². The van der Waals surface area contributed by atoms with Crippen LogP contribution in [0.15, 0.2) is 23.0 Å². The highest BCUT2D eigenvalue weighted by Crippen LogP contribution is 2.12. The van der Waals surface area contributed by atoms with Crippen molar-refractivity contribution >= 4 is 5.69 Å². The maximum atomic E-state index is 4.98. The van der Waals surface area contributed by atoms with Crippen molar-refractivity contribution in [3.8, 4) is 0 Å². The lowest BCUT2D eigenvalue weighted by Gasteiger charge is -2.15. The number of nitrogens with one attached hydrogen (secondary N) is 1. The minimum Gasteiger partial charge on any atom is -0.470 e. The van der Waals surface area contributed by atoms with Gasteiger partial charge in [-0.25, -0.2) is 0 Å². The first-order valence-electron chi connectivity index (χ1n) is 4.65. The smallest absolute Gasteiger partial charge is 0.113 e. The Balaban J connectivity index is 2.37. The van der Waals surface area contributed by atoms with Crippen molar-refractivity contribution in [1.29, 1.82) is 0 Å². The standard InChI is InChI=1S/C10H17NO/c1-3-5-9(4-2)11-10-6-7-12-8-10/h6-9,11H,3-5H2,1-2H3. The van der Waals surface area contributed by atoms with E-state index in [2.05, 4.69) is 19.2 Å². The largest absolute Gasteiger partial charge is 0.470 e. The molecule has 0 aliphatic carbocycles. The second-order valence-corrected chi connectivity index (χ2v) is 3.05. The van der Waals surface area contributed by atoms with Crippen LogP contribution in [0, 0.1) is 0 Å². The first-order chi connectivity index (χ1) is 5.86. The molecule has 0 amide bonds. The number of furan rings is 1. The molecule has 0 fully saturated rings. The fourth-order valence-electron chi connectivity index (χ4n) is 1.31. The zero-order valence-electron chi connectivity index (χ0n) is 7.84. The monoisotopic (exact) mass is 167 g/mol. The SMILES string of the molecule is CCCC(CC)Nc1ccoc1. The molecule has 0 bridgehead atoms. The lowest BCUT2D eigenvalue weighted by atomic mass is 10.1. The molecule has 1 rings (SSSR count). The minimum atomic E-state index is 0.590. The summed E-state index contributed by atoms with van der Waals surface area (Å²) in [6.45, 7) is 4.41. The molecule has 0 aromatic carbocycles. The summed E-state index contributed by atoms with van der Waals surface area (Å²) in [5.74, 6) is 0. The van der Waals surface area contributed by atoms with Gasteiger partial charge in [0.1, 0.15) is 6.26 Å². The molecule has 0 spiro atoms. The third kappa shape index (κ3) is 2.61. The van der Waals surface area contributed by atoms with Gasteiger partial charge in [0.25, 0.3) is 0 Å². The molecule has 1 aromatic rings. The van der Waals surface area contributed by atoms with Gasteiger partial charge in [-0.2, -0.15) is 0 Å². The van der Waals surface area contributed by atoms with Crippen LogP contribution in [-0.4, -0.2) is 6.04 Å². The summed E-state index contributed by atoms with van der Waals surface area (Å²) in [6.07, 6.45) is 7.06. The van der Waals surface area contributed by atoms with Gasteiger partial charge in [-0.3, -0.25) is 0 Å². The molecule has 1 heterocycles. The van der Waals surface area contributed by atoms with Gasteiger partial charge in [-0.15, -0.1) is 0 Å². The van der Waals surface area contributed by atoms with E-state index in [1.807, 2.05) is 6.07 Å². The maximum Gasteiger partial charge on any atom is 0.113 e. The Hall–Kier alpha value is -0.920. The van der Waals surface area contributed by atoms with Gasteiger partial charge in [0, 0.05) is 6.04 Å². The molecule has 0 aliphatic heterocycles. The zero-order chi connectivity index (χ0) is 8.81. The highest BCUT2D eigenvalue weighted by molar-refractivity contribution is 5.39. The second kappa shape index (κ2) is 4.86. The highest BCUT2D eigenvalue weighted by Gasteiger charge is 2.04. The summed E-state index contributed by atoms with van der Waals surface area (Å²) in [6, 6.07) is 2.55. The van der Waals surface area contributed by atoms with E-state index in [1.54, 1.807) is 12.5 Å². The van der Waals surface area contributed by atoms with Crippen molar-refractivity contribution in [3.05, 3.63) is 18.6 Å². The number of rotatable bonds is 5. The molecule has 1 atom stereocenters. The second-order valence-electron chi connectivity index (χ2n) is 3.05. The summed E-state index contributed by atoms with van der Waals surface area (Å²) in [7, 11) is 0. The van der Waals surface area contributed by atoms with E-state index in [1.165, 1.54) is 19.3 Å². The van der Waals surface area contributed by atoms with Gasteiger partial charge in [0.2, 0.25) is 0 Å². The molecule has 0 saturated heterocycles. The van der Waals surface area contributed by atoms with E-state index in [9.17, 15) is 0 Å². The first-order valence-corrected chi connectivity index (χ1v) is 4.65. The Morgan fingerprint density at radius 3 is 2.83 bits per heavy atom. The van der Waals surface area contributed by atoms with Crippen molar-refractivity contribution in [1.82, 2.24) is 0 Å². The molecule has 12 heavy (non-hydrogen) atoms. The average Bonchev–Trinajstić information content (AvgIpc) is 2.56. The molecule has 0 radical (unpaired) electrons. The molecule has 0 saturated carbocycles. The lowest BCUT2D eigenvalue weighted by Crippen LogP contribution is -2.17. The van der Waals surface area contributed by atoms with Crippen LogP contribution in [-0.2, 0) is 0 Å². The molecule has 2 nitrogen and oxygen atoms in total. The highest BCUT2D eigenvalue weighted by atomic mass is 16.3. The van der Waals surface area contributed by atoms with Gasteiger partial charge in [0.15, 0.2) is 0 Å². The quantitative estimate of drug-likeness (QED) is 0.728. The fourth-order valence-corrected chi connectivity index (χ4v) is 1.31. The van der Waals surface area contributed by atoms with Gasteiger partial charge < -0.3 is 9.73 Å². The number of hydrogen-bond acceptors (Lipinski definition) is 2. The number of hydrogen-bond donors (Lipinski definition) is 1. The molecule has 1 unspecified atom stereocenters.